The van der Waals surface area contributed by atoms with Gasteiger partial charge in [-0.15, -0.1) is 0 Å². The second kappa shape index (κ2) is 7.94. The predicted octanol–water partition coefficient (Wildman–Crippen LogP) is 0.931. The van der Waals surface area contributed by atoms with E-state index in [9.17, 15) is 9.59 Å². The molecule has 1 aromatic carbocycles. The van der Waals surface area contributed by atoms with Gasteiger partial charge in [0.05, 0.1) is 6.04 Å². The summed E-state index contributed by atoms with van der Waals surface area (Å²) in [5.74, 6) is 0.460. The van der Waals surface area contributed by atoms with E-state index < -0.39 is 6.04 Å². The third-order valence-electron chi connectivity index (χ3n) is 4.29. The van der Waals surface area contributed by atoms with E-state index in [-0.39, 0.29) is 11.8 Å². The lowest BCUT2D eigenvalue weighted by atomic mass is 9.92. The van der Waals surface area contributed by atoms with Crippen molar-refractivity contribution in [1.29, 1.82) is 0 Å². The second-order valence-corrected chi connectivity index (χ2v) is 5.94. The van der Waals surface area contributed by atoms with Gasteiger partial charge in [-0.05, 0) is 30.7 Å². The second-order valence-electron chi connectivity index (χ2n) is 5.94. The Morgan fingerprint density at radius 1 is 1.27 bits per heavy atom. The van der Waals surface area contributed by atoms with Gasteiger partial charge in [0.15, 0.2) is 0 Å². The molecule has 0 aromatic heterocycles. The maximum absolute atomic E-state index is 12.4. The van der Waals surface area contributed by atoms with Gasteiger partial charge in [0.1, 0.15) is 0 Å². The molecule has 1 aliphatic rings. The van der Waals surface area contributed by atoms with E-state index in [4.69, 9.17) is 5.73 Å². The van der Waals surface area contributed by atoms with Crippen LogP contribution in [-0.4, -0.2) is 42.9 Å². The normalized spacial score (nSPS) is 17.1. The Morgan fingerprint density at radius 3 is 2.50 bits per heavy atom. The number of carbonyl (C=O) groups is 2. The van der Waals surface area contributed by atoms with Crippen LogP contribution in [0.25, 0.3) is 0 Å². The van der Waals surface area contributed by atoms with Crippen molar-refractivity contribution in [2.75, 3.05) is 20.1 Å². The minimum atomic E-state index is -0.488. The van der Waals surface area contributed by atoms with E-state index in [0.717, 1.165) is 18.4 Å². The van der Waals surface area contributed by atoms with Gasteiger partial charge in [-0.3, -0.25) is 9.59 Å². The highest BCUT2D eigenvalue weighted by atomic mass is 16.2. The summed E-state index contributed by atoms with van der Waals surface area (Å²) in [5.41, 5.74) is 7.14. The van der Waals surface area contributed by atoms with E-state index in [1.54, 1.807) is 7.05 Å². The number of likely N-dealkylation sites (tertiary alicyclic amines) is 1. The SMILES string of the molecule is CNC(=O)CC1CCN(C(=O)[C@@H](N)Cc2ccccc2)CC1. The van der Waals surface area contributed by atoms with E-state index >= 15 is 0 Å². The molecule has 5 heteroatoms. The monoisotopic (exact) mass is 303 g/mol. The van der Waals surface area contributed by atoms with Crippen molar-refractivity contribution in [2.45, 2.75) is 31.7 Å². The van der Waals surface area contributed by atoms with Gasteiger partial charge in [0.2, 0.25) is 11.8 Å². The van der Waals surface area contributed by atoms with Crippen LogP contribution in [0.4, 0.5) is 0 Å². The molecule has 0 unspecified atom stereocenters. The Hall–Kier alpha value is -1.88. The summed E-state index contributed by atoms with van der Waals surface area (Å²) in [4.78, 5) is 25.6. The number of nitrogens with zero attached hydrogens (tertiary/aromatic N) is 1. The van der Waals surface area contributed by atoms with Crippen LogP contribution >= 0.6 is 0 Å². The van der Waals surface area contributed by atoms with Gasteiger partial charge in [0, 0.05) is 26.6 Å². The molecule has 3 N–H and O–H groups in total. The van der Waals surface area contributed by atoms with Gasteiger partial charge < -0.3 is 16.0 Å². The topological polar surface area (TPSA) is 75.4 Å². The zero-order chi connectivity index (χ0) is 15.9. The Kier molecular flexibility index (Phi) is 5.95. The smallest absolute Gasteiger partial charge is 0.239 e. The lowest BCUT2D eigenvalue weighted by molar-refractivity contribution is -0.134. The molecule has 1 heterocycles. The Bertz CT molecular complexity index is 496. The van der Waals surface area contributed by atoms with Gasteiger partial charge in [-0.25, -0.2) is 0 Å². The zero-order valence-corrected chi connectivity index (χ0v) is 13.1. The first-order valence-corrected chi connectivity index (χ1v) is 7.89. The van der Waals surface area contributed by atoms with Gasteiger partial charge in [-0.2, -0.15) is 0 Å². The van der Waals surface area contributed by atoms with E-state index in [2.05, 4.69) is 5.32 Å². The maximum atomic E-state index is 12.4. The molecular formula is C17H25N3O2. The number of rotatable bonds is 5. The summed E-state index contributed by atoms with van der Waals surface area (Å²) in [7, 11) is 1.66. The average molecular weight is 303 g/mol. The Morgan fingerprint density at radius 2 is 1.91 bits per heavy atom. The molecule has 2 rings (SSSR count). The fraction of sp³-hybridized carbons (Fsp3) is 0.529. The number of nitrogens with two attached hydrogens (primary N) is 1. The molecule has 22 heavy (non-hydrogen) atoms. The first-order chi connectivity index (χ1) is 10.6. The third-order valence-corrected chi connectivity index (χ3v) is 4.29. The van der Waals surface area contributed by atoms with Gasteiger partial charge in [-0.1, -0.05) is 30.3 Å². The molecule has 0 radical (unpaired) electrons. The summed E-state index contributed by atoms with van der Waals surface area (Å²) < 4.78 is 0. The molecule has 1 fully saturated rings. The minimum Gasteiger partial charge on any atom is -0.359 e. The first kappa shape index (κ1) is 16.5. The third kappa shape index (κ3) is 4.56. The molecule has 0 spiro atoms. The predicted molar refractivity (Wildman–Crippen MR) is 86.1 cm³/mol. The number of hydrogen-bond acceptors (Lipinski definition) is 3. The number of benzene rings is 1. The fourth-order valence-corrected chi connectivity index (χ4v) is 2.91. The van der Waals surface area contributed by atoms with Crippen molar-refractivity contribution in [3.8, 4) is 0 Å². The molecule has 1 atom stereocenters. The number of nitrogens with one attached hydrogen (secondary N) is 1. The standard InChI is InChI=1S/C17H25N3O2/c1-19-16(21)12-14-7-9-20(10-8-14)17(22)15(18)11-13-5-3-2-4-6-13/h2-6,14-15H,7-12,18H2,1H3,(H,19,21)/t15-/m0/s1. The van der Waals surface area contributed by atoms with Crippen molar-refractivity contribution in [3.05, 3.63) is 35.9 Å². The molecule has 1 aromatic rings. The van der Waals surface area contributed by atoms with Crippen molar-refractivity contribution in [2.24, 2.45) is 11.7 Å². The zero-order valence-electron chi connectivity index (χ0n) is 13.1. The Balaban J connectivity index is 1.80. The van der Waals surface area contributed by atoms with Crippen LogP contribution in [0.1, 0.15) is 24.8 Å². The molecule has 0 saturated carbocycles. The highest BCUT2D eigenvalue weighted by Gasteiger charge is 2.27. The molecular weight excluding hydrogens is 278 g/mol. The summed E-state index contributed by atoms with van der Waals surface area (Å²) in [6.07, 6.45) is 2.86. The van der Waals surface area contributed by atoms with Crippen LogP contribution in [0.3, 0.4) is 0 Å². The molecule has 0 aliphatic carbocycles. The van der Waals surface area contributed by atoms with Crippen LogP contribution in [0.5, 0.6) is 0 Å². The summed E-state index contributed by atoms with van der Waals surface area (Å²) in [5, 5.41) is 2.65. The lowest BCUT2D eigenvalue weighted by Crippen LogP contribution is -2.48. The lowest BCUT2D eigenvalue weighted by Gasteiger charge is -2.33. The average Bonchev–Trinajstić information content (AvgIpc) is 2.55. The largest absolute Gasteiger partial charge is 0.359 e. The summed E-state index contributed by atoms with van der Waals surface area (Å²) >= 11 is 0. The van der Waals surface area contributed by atoms with E-state index in [1.165, 1.54) is 0 Å². The van der Waals surface area contributed by atoms with Crippen molar-refractivity contribution >= 4 is 11.8 Å². The van der Waals surface area contributed by atoms with Crippen LogP contribution in [-0.2, 0) is 16.0 Å². The molecule has 1 aliphatic heterocycles. The molecule has 5 nitrogen and oxygen atoms in total. The summed E-state index contributed by atoms with van der Waals surface area (Å²) in [6, 6.07) is 9.35. The highest BCUT2D eigenvalue weighted by Crippen LogP contribution is 2.21. The number of carbonyl (C=O) groups excluding carboxylic acids is 2. The molecule has 120 valence electrons. The summed E-state index contributed by atoms with van der Waals surface area (Å²) in [6.45, 7) is 1.39. The maximum Gasteiger partial charge on any atom is 0.239 e. The van der Waals surface area contributed by atoms with Crippen LogP contribution in [0, 0.1) is 5.92 Å². The number of piperidine rings is 1. The first-order valence-electron chi connectivity index (χ1n) is 7.89. The van der Waals surface area contributed by atoms with E-state index in [1.807, 2.05) is 35.2 Å². The van der Waals surface area contributed by atoms with E-state index in [0.29, 0.717) is 31.8 Å². The Labute approximate surface area is 131 Å². The van der Waals surface area contributed by atoms with Crippen LogP contribution < -0.4 is 11.1 Å². The van der Waals surface area contributed by atoms with Crippen molar-refractivity contribution in [1.82, 2.24) is 10.2 Å². The molecule has 2 amide bonds. The molecule has 0 bridgehead atoms. The number of hydrogen-bond donors (Lipinski definition) is 2. The van der Waals surface area contributed by atoms with Crippen LogP contribution in [0.15, 0.2) is 30.3 Å². The minimum absolute atomic E-state index is 0.0160. The highest BCUT2D eigenvalue weighted by molar-refractivity contribution is 5.82. The van der Waals surface area contributed by atoms with Gasteiger partial charge >= 0.3 is 0 Å². The van der Waals surface area contributed by atoms with Crippen LogP contribution in [0.2, 0.25) is 0 Å². The number of amides is 2. The van der Waals surface area contributed by atoms with Gasteiger partial charge in [0.25, 0.3) is 0 Å². The quantitative estimate of drug-likeness (QED) is 0.850. The fourth-order valence-electron chi connectivity index (χ4n) is 2.91. The molecule has 1 saturated heterocycles. The van der Waals surface area contributed by atoms with Crippen molar-refractivity contribution < 1.29 is 9.59 Å². The van der Waals surface area contributed by atoms with Crippen molar-refractivity contribution in [3.63, 3.8) is 0 Å².